The van der Waals surface area contributed by atoms with Gasteiger partial charge in [0.1, 0.15) is 5.69 Å². The summed E-state index contributed by atoms with van der Waals surface area (Å²) in [6.07, 6.45) is 0. The molecule has 0 aromatic heterocycles. The van der Waals surface area contributed by atoms with Crippen LogP contribution in [0.15, 0.2) is 18.2 Å². The Hall–Kier alpha value is -1.62. The van der Waals surface area contributed by atoms with Crippen LogP contribution in [-0.4, -0.2) is 29.5 Å². The van der Waals surface area contributed by atoms with Crippen molar-refractivity contribution in [2.45, 2.75) is 40.3 Å². The molecule has 20 heavy (non-hydrogen) atoms. The molecule has 0 aliphatic carbocycles. The largest absolute Gasteiger partial charge is 0.380 e. The number of nitrogens with zero attached hydrogens (tertiary/aromatic N) is 2. The molecule has 0 aliphatic rings. The van der Waals surface area contributed by atoms with Crippen LogP contribution >= 0.6 is 0 Å². The first-order valence-corrected chi connectivity index (χ1v) is 7.08. The summed E-state index contributed by atoms with van der Waals surface area (Å²) in [5.74, 6) is 0.552. The monoisotopic (exact) mass is 279 g/mol. The van der Waals surface area contributed by atoms with E-state index in [1.807, 2.05) is 13.0 Å². The minimum atomic E-state index is -0.326. The maximum atomic E-state index is 11.1. The Morgan fingerprint density at radius 2 is 2.00 bits per heavy atom. The first-order chi connectivity index (χ1) is 9.36. The van der Waals surface area contributed by atoms with Crippen molar-refractivity contribution in [1.29, 1.82) is 0 Å². The molecule has 0 saturated carbocycles. The van der Waals surface area contributed by atoms with E-state index in [2.05, 4.69) is 38.0 Å². The predicted molar refractivity (Wildman–Crippen MR) is 83.0 cm³/mol. The van der Waals surface area contributed by atoms with Gasteiger partial charge in [0, 0.05) is 25.2 Å². The first-order valence-electron chi connectivity index (χ1n) is 7.08. The third-order valence-electron chi connectivity index (χ3n) is 3.72. The van der Waals surface area contributed by atoms with Crippen molar-refractivity contribution in [1.82, 2.24) is 4.90 Å². The van der Waals surface area contributed by atoms with Crippen LogP contribution in [0.25, 0.3) is 0 Å². The lowest BCUT2D eigenvalue weighted by Gasteiger charge is -2.27. The summed E-state index contributed by atoms with van der Waals surface area (Å²) in [6, 6.07) is 5.85. The molecule has 112 valence electrons. The molecule has 0 saturated heterocycles. The van der Waals surface area contributed by atoms with E-state index < -0.39 is 0 Å². The topological polar surface area (TPSA) is 58.4 Å². The molecule has 0 heterocycles. The molecule has 1 rings (SSSR count). The number of nitro benzene ring substituents is 1. The van der Waals surface area contributed by atoms with Gasteiger partial charge < -0.3 is 5.32 Å². The Labute approximate surface area is 121 Å². The summed E-state index contributed by atoms with van der Waals surface area (Å²) in [6.45, 7) is 9.84. The van der Waals surface area contributed by atoms with E-state index in [4.69, 9.17) is 0 Å². The Bertz CT molecular complexity index is 460. The predicted octanol–water partition coefficient (Wildman–Crippen LogP) is 3.50. The maximum Gasteiger partial charge on any atom is 0.292 e. The molecule has 0 bridgehead atoms. The average Bonchev–Trinajstić information content (AvgIpc) is 2.39. The zero-order chi connectivity index (χ0) is 15.3. The quantitative estimate of drug-likeness (QED) is 0.613. The van der Waals surface area contributed by atoms with Crippen LogP contribution in [-0.2, 0) is 6.54 Å². The third kappa shape index (κ3) is 4.20. The molecular weight excluding hydrogens is 254 g/mol. The standard InChI is InChI=1S/C15H25N3O2/c1-6-16-14-8-7-13(9-15(14)18(19)20)10-17(5)12(4)11(2)3/h7-9,11-12,16H,6,10H2,1-5H3. The second kappa shape index (κ2) is 7.24. The summed E-state index contributed by atoms with van der Waals surface area (Å²) in [4.78, 5) is 13.0. The SMILES string of the molecule is CCNc1ccc(CN(C)C(C)C(C)C)cc1[N+](=O)[O-]. The van der Waals surface area contributed by atoms with Crippen molar-refractivity contribution < 1.29 is 4.92 Å². The highest BCUT2D eigenvalue weighted by Gasteiger charge is 2.17. The normalized spacial score (nSPS) is 12.8. The molecular formula is C15H25N3O2. The van der Waals surface area contributed by atoms with Crippen molar-refractivity contribution >= 4 is 11.4 Å². The Balaban J connectivity index is 2.92. The minimum absolute atomic E-state index is 0.148. The Morgan fingerprint density at radius 3 is 2.50 bits per heavy atom. The first kappa shape index (κ1) is 16.4. The molecule has 5 heteroatoms. The van der Waals surface area contributed by atoms with Gasteiger partial charge in [-0.2, -0.15) is 0 Å². The van der Waals surface area contributed by atoms with Crippen molar-refractivity contribution in [2.75, 3.05) is 18.9 Å². The van der Waals surface area contributed by atoms with Gasteiger partial charge in [0.2, 0.25) is 0 Å². The van der Waals surface area contributed by atoms with Crippen molar-refractivity contribution in [2.24, 2.45) is 5.92 Å². The lowest BCUT2D eigenvalue weighted by atomic mass is 10.0. The van der Waals surface area contributed by atoms with Crippen LogP contribution in [0.5, 0.6) is 0 Å². The van der Waals surface area contributed by atoms with Crippen LogP contribution in [0.3, 0.4) is 0 Å². The summed E-state index contributed by atoms with van der Waals surface area (Å²) in [5.41, 5.74) is 1.70. The molecule has 1 aromatic rings. The lowest BCUT2D eigenvalue weighted by molar-refractivity contribution is -0.384. The molecule has 5 nitrogen and oxygen atoms in total. The molecule has 0 spiro atoms. The van der Waals surface area contributed by atoms with E-state index >= 15 is 0 Å². The molecule has 0 aliphatic heterocycles. The van der Waals surface area contributed by atoms with Gasteiger partial charge in [-0.05, 0) is 38.4 Å². The van der Waals surface area contributed by atoms with Crippen LogP contribution < -0.4 is 5.32 Å². The fraction of sp³-hybridized carbons (Fsp3) is 0.600. The number of hydrogen-bond donors (Lipinski definition) is 1. The minimum Gasteiger partial charge on any atom is -0.380 e. The van der Waals surface area contributed by atoms with Gasteiger partial charge >= 0.3 is 0 Å². The zero-order valence-electron chi connectivity index (χ0n) is 13.0. The summed E-state index contributed by atoms with van der Waals surface area (Å²) >= 11 is 0. The van der Waals surface area contributed by atoms with Crippen molar-refractivity contribution in [3.63, 3.8) is 0 Å². The zero-order valence-corrected chi connectivity index (χ0v) is 13.0. The molecule has 1 unspecified atom stereocenters. The molecule has 0 fully saturated rings. The fourth-order valence-corrected chi connectivity index (χ4v) is 2.11. The smallest absolute Gasteiger partial charge is 0.292 e. The molecule has 1 atom stereocenters. The summed E-state index contributed by atoms with van der Waals surface area (Å²) < 4.78 is 0. The van der Waals surface area contributed by atoms with Crippen LogP contribution in [0.2, 0.25) is 0 Å². The molecule has 1 aromatic carbocycles. The van der Waals surface area contributed by atoms with E-state index in [1.165, 1.54) is 0 Å². The third-order valence-corrected chi connectivity index (χ3v) is 3.72. The Morgan fingerprint density at radius 1 is 1.35 bits per heavy atom. The Kier molecular flexibility index (Phi) is 5.95. The van der Waals surface area contributed by atoms with Crippen LogP contribution in [0.1, 0.15) is 33.3 Å². The van der Waals surface area contributed by atoms with E-state index in [0.29, 0.717) is 30.7 Å². The summed E-state index contributed by atoms with van der Waals surface area (Å²) in [7, 11) is 2.05. The second-order valence-corrected chi connectivity index (χ2v) is 5.54. The number of rotatable bonds is 7. The number of nitro groups is 1. The van der Waals surface area contributed by atoms with E-state index in [1.54, 1.807) is 12.1 Å². The van der Waals surface area contributed by atoms with Crippen LogP contribution in [0, 0.1) is 16.0 Å². The van der Waals surface area contributed by atoms with Crippen molar-refractivity contribution in [3.05, 3.63) is 33.9 Å². The van der Waals surface area contributed by atoms with Gasteiger partial charge in [-0.1, -0.05) is 19.9 Å². The van der Waals surface area contributed by atoms with Gasteiger partial charge in [-0.25, -0.2) is 0 Å². The molecule has 0 amide bonds. The summed E-state index contributed by atoms with van der Waals surface area (Å²) in [5, 5.41) is 14.2. The van der Waals surface area contributed by atoms with E-state index in [0.717, 1.165) is 5.56 Å². The van der Waals surface area contributed by atoms with E-state index in [-0.39, 0.29) is 10.6 Å². The number of hydrogen-bond acceptors (Lipinski definition) is 4. The van der Waals surface area contributed by atoms with Gasteiger partial charge in [-0.3, -0.25) is 15.0 Å². The number of nitrogens with one attached hydrogen (secondary N) is 1. The van der Waals surface area contributed by atoms with Gasteiger partial charge in [0.05, 0.1) is 4.92 Å². The van der Waals surface area contributed by atoms with Gasteiger partial charge in [-0.15, -0.1) is 0 Å². The molecule has 0 radical (unpaired) electrons. The van der Waals surface area contributed by atoms with Crippen LogP contribution in [0.4, 0.5) is 11.4 Å². The second-order valence-electron chi connectivity index (χ2n) is 5.54. The number of anilines is 1. The highest BCUT2D eigenvalue weighted by atomic mass is 16.6. The maximum absolute atomic E-state index is 11.1. The van der Waals surface area contributed by atoms with Gasteiger partial charge in [0.15, 0.2) is 0 Å². The highest BCUT2D eigenvalue weighted by molar-refractivity contribution is 5.62. The average molecular weight is 279 g/mol. The lowest BCUT2D eigenvalue weighted by Crippen LogP contribution is -2.32. The van der Waals surface area contributed by atoms with Crippen molar-refractivity contribution in [3.8, 4) is 0 Å². The molecule has 1 N–H and O–H groups in total. The highest BCUT2D eigenvalue weighted by Crippen LogP contribution is 2.26. The van der Waals surface area contributed by atoms with Gasteiger partial charge in [0.25, 0.3) is 5.69 Å². The fourth-order valence-electron chi connectivity index (χ4n) is 2.11. The van der Waals surface area contributed by atoms with E-state index in [9.17, 15) is 10.1 Å². The number of benzene rings is 1.